The molecule has 2 fully saturated rings. The molecule has 2 saturated heterocycles. The van der Waals surface area contributed by atoms with Crippen LogP contribution in [0.25, 0.3) is 0 Å². The molecule has 3 rings (SSSR count). The van der Waals surface area contributed by atoms with Crippen LogP contribution in [0.4, 0.5) is 0 Å². The lowest BCUT2D eigenvalue weighted by atomic mass is 9.87. The number of aliphatic hydroxyl groups is 1. The Kier molecular flexibility index (Phi) is 3.47. The van der Waals surface area contributed by atoms with Gasteiger partial charge < -0.3 is 15.1 Å². The van der Waals surface area contributed by atoms with Gasteiger partial charge in [-0.15, -0.1) is 11.3 Å². The van der Waals surface area contributed by atoms with E-state index in [1.165, 1.54) is 20.0 Å². The van der Waals surface area contributed by atoms with Crippen LogP contribution in [-0.2, 0) is 19.4 Å². The molecule has 0 radical (unpaired) electrons. The number of β-lactam (4-membered cyclic amide) rings is 1. The third kappa shape index (κ3) is 1.79. The zero-order valence-corrected chi connectivity index (χ0v) is 15.2. The van der Waals surface area contributed by atoms with Crippen molar-refractivity contribution in [2.75, 3.05) is 0 Å². The summed E-state index contributed by atoms with van der Waals surface area (Å²) in [5.74, 6) is -2.17. The SMILES string of the molecule is CC1(C)[C@H](C(=O)O)N2C(=O)C(Br)(C(O)c3nccs3)[C@H]2S1(=O)=O. The molecule has 8 nitrogen and oxygen atoms in total. The largest absolute Gasteiger partial charge is 0.480 e. The van der Waals surface area contributed by atoms with Gasteiger partial charge in [-0.3, -0.25) is 4.79 Å². The average molecular weight is 425 g/mol. The third-order valence-corrected chi connectivity index (χ3v) is 9.67. The Bertz CT molecular complexity index is 792. The van der Waals surface area contributed by atoms with Crippen molar-refractivity contribution in [3.63, 3.8) is 0 Å². The first-order valence-corrected chi connectivity index (χ1v) is 9.76. The van der Waals surface area contributed by atoms with Crippen molar-refractivity contribution in [2.45, 2.75) is 40.4 Å². The Labute approximate surface area is 144 Å². The summed E-state index contributed by atoms with van der Waals surface area (Å²) in [5, 5.41) is 20.1. The summed E-state index contributed by atoms with van der Waals surface area (Å²) in [7, 11) is -4.04. The second-order valence-electron chi connectivity index (χ2n) is 5.99. The van der Waals surface area contributed by atoms with Crippen LogP contribution in [-0.4, -0.2) is 60.9 Å². The van der Waals surface area contributed by atoms with Gasteiger partial charge in [0.1, 0.15) is 21.9 Å². The van der Waals surface area contributed by atoms with Gasteiger partial charge in [-0.25, -0.2) is 18.2 Å². The number of carbonyl (C=O) groups is 2. The number of halogens is 1. The monoisotopic (exact) mass is 424 g/mol. The summed E-state index contributed by atoms with van der Waals surface area (Å²) in [6, 6.07) is -1.50. The minimum Gasteiger partial charge on any atom is -0.480 e. The lowest BCUT2D eigenvalue weighted by Gasteiger charge is -2.50. The number of hydrogen-bond acceptors (Lipinski definition) is 7. The number of aliphatic hydroxyl groups excluding tert-OH is 1. The Morgan fingerprint density at radius 3 is 2.61 bits per heavy atom. The third-order valence-electron chi connectivity index (χ3n) is 4.46. The van der Waals surface area contributed by atoms with E-state index in [1.807, 2.05) is 0 Å². The number of aromatic nitrogens is 1. The lowest BCUT2D eigenvalue weighted by molar-refractivity contribution is -0.165. The lowest BCUT2D eigenvalue weighted by Crippen LogP contribution is -2.74. The molecule has 0 bridgehead atoms. The Balaban J connectivity index is 2.13. The molecule has 2 unspecified atom stereocenters. The zero-order chi connectivity index (χ0) is 17.4. The quantitative estimate of drug-likeness (QED) is 0.521. The molecule has 2 N–H and O–H groups in total. The fraction of sp³-hybridized carbons (Fsp3) is 0.583. The second-order valence-corrected chi connectivity index (χ2v) is 10.8. The van der Waals surface area contributed by atoms with Crippen molar-refractivity contribution in [3.05, 3.63) is 16.6 Å². The molecule has 1 amide bonds. The molecule has 0 aliphatic carbocycles. The molecular weight excluding hydrogens is 412 g/mol. The highest BCUT2D eigenvalue weighted by atomic mass is 79.9. The maximum absolute atomic E-state index is 12.8. The van der Waals surface area contributed by atoms with Crippen molar-refractivity contribution in [1.82, 2.24) is 9.88 Å². The number of amides is 1. The van der Waals surface area contributed by atoms with Crippen molar-refractivity contribution in [2.24, 2.45) is 0 Å². The van der Waals surface area contributed by atoms with E-state index < -0.39 is 48.3 Å². The molecule has 2 aliphatic rings. The highest BCUT2D eigenvalue weighted by molar-refractivity contribution is 9.10. The van der Waals surface area contributed by atoms with E-state index in [9.17, 15) is 28.2 Å². The normalized spacial score (nSPS) is 35.5. The van der Waals surface area contributed by atoms with Crippen LogP contribution in [0.15, 0.2) is 11.6 Å². The Hall–Kier alpha value is -1.04. The molecule has 4 atom stereocenters. The molecule has 0 saturated carbocycles. The van der Waals surface area contributed by atoms with E-state index in [0.717, 1.165) is 16.2 Å². The molecular formula is C12H13BrN2O6S2. The summed E-state index contributed by atoms with van der Waals surface area (Å²) in [5.41, 5.74) is 0. The maximum Gasteiger partial charge on any atom is 0.328 e. The molecule has 11 heteroatoms. The molecule has 3 heterocycles. The number of hydrogen-bond donors (Lipinski definition) is 2. The highest BCUT2D eigenvalue weighted by Gasteiger charge is 2.79. The smallest absolute Gasteiger partial charge is 0.328 e. The number of carboxylic acids is 1. The molecule has 0 aromatic carbocycles. The number of aliphatic carboxylic acids is 1. The van der Waals surface area contributed by atoms with E-state index in [1.54, 1.807) is 5.38 Å². The number of rotatable bonds is 3. The van der Waals surface area contributed by atoms with Crippen LogP contribution in [0, 0.1) is 0 Å². The topological polar surface area (TPSA) is 125 Å². The van der Waals surface area contributed by atoms with Crippen LogP contribution >= 0.6 is 27.3 Å². The van der Waals surface area contributed by atoms with Gasteiger partial charge in [-0.1, -0.05) is 15.9 Å². The number of fused-ring (bicyclic) bond motifs is 1. The first-order valence-electron chi connectivity index (χ1n) is 6.54. The number of carbonyl (C=O) groups excluding carboxylic acids is 1. The van der Waals surface area contributed by atoms with E-state index in [4.69, 9.17) is 0 Å². The number of alkyl halides is 1. The Morgan fingerprint density at radius 1 is 1.52 bits per heavy atom. The molecule has 2 aliphatic heterocycles. The van der Waals surface area contributed by atoms with Gasteiger partial charge in [0.2, 0.25) is 5.91 Å². The van der Waals surface area contributed by atoms with Crippen LogP contribution in [0.3, 0.4) is 0 Å². The first kappa shape index (κ1) is 16.8. The molecule has 23 heavy (non-hydrogen) atoms. The van der Waals surface area contributed by atoms with Crippen LogP contribution in [0.5, 0.6) is 0 Å². The second kappa shape index (κ2) is 4.74. The Morgan fingerprint density at radius 2 is 2.13 bits per heavy atom. The summed E-state index contributed by atoms with van der Waals surface area (Å²) in [6.07, 6.45) is -0.0671. The van der Waals surface area contributed by atoms with Gasteiger partial charge in [0.05, 0.1) is 0 Å². The van der Waals surface area contributed by atoms with Gasteiger partial charge in [-0.2, -0.15) is 0 Å². The first-order chi connectivity index (χ1) is 10.5. The van der Waals surface area contributed by atoms with Crippen molar-refractivity contribution in [3.8, 4) is 0 Å². The summed E-state index contributed by atoms with van der Waals surface area (Å²) >= 11 is 4.16. The average Bonchev–Trinajstić information content (AvgIpc) is 3.01. The van der Waals surface area contributed by atoms with Crippen LogP contribution in [0.2, 0.25) is 0 Å². The number of sulfone groups is 1. The van der Waals surface area contributed by atoms with Gasteiger partial charge in [0.15, 0.2) is 19.5 Å². The molecule has 1 aromatic rings. The predicted molar refractivity (Wildman–Crippen MR) is 83.8 cm³/mol. The van der Waals surface area contributed by atoms with Crippen LogP contribution in [0.1, 0.15) is 25.0 Å². The molecule has 126 valence electrons. The number of thiazole rings is 1. The van der Waals surface area contributed by atoms with Crippen molar-refractivity contribution in [1.29, 1.82) is 0 Å². The van der Waals surface area contributed by atoms with E-state index in [2.05, 4.69) is 20.9 Å². The van der Waals surface area contributed by atoms with Gasteiger partial charge in [0.25, 0.3) is 0 Å². The van der Waals surface area contributed by atoms with Crippen molar-refractivity contribution < 1.29 is 28.2 Å². The molecule has 1 aromatic heterocycles. The summed E-state index contributed by atoms with van der Waals surface area (Å²) in [4.78, 5) is 28.8. The fourth-order valence-electron chi connectivity index (χ4n) is 3.17. The van der Waals surface area contributed by atoms with E-state index in [-0.39, 0.29) is 5.01 Å². The maximum atomic E-state index is 12.8. The summed E-state index contributed by atoms with van der Waals surface area (Å²) < 4.78 is 22.1. The van der Waals surface area contributed by atoms with E-state index in [0.29, 0.717) is 0 Å². The van der Waals surface area contributed by atoms with Crippen LogP contribution < -0.4 is 0 Å². The fourth-order valence-corrected chi connectivity index (χ4v) is 7.70. The standard InChI is InChI=1S/C12H13BrN2O6S2/c1-11(2)5(8(17)18)15-9(19)12(13,10(15)23(11,20)21)6(16)7-14-3-4-22-7/h3-6,10,16H,1-2H3,(H,17,18)/t5-,6?,10+,12?/m0/s1. The van der Waals surface area contributed by atoms with Gasteiger partial charge in [0, 0.05) is 11.6 Å². The minimum absolute atomic E-state index is 0.182. The predicted octanol–water partition coefficient (Wildman–Crippen LogP) is 0.139. The van der Waals surface area contributed by atoms with Crippen molar-refractivity contribution >= 4 is 49.0 Å². The van der Waals surface area contributed by atoms with Gasteiger partial charge in [-0.05, 0) is 13.8 Å². The zero-order valence-electron chi connectivity index (χ0n) is 12.0. The molecule has 0 spiro atoms. The number of nitrogens with zero attached hydrogens (tertiary/aromatic N) is 2. The number of carboxylic acid groups (broad SMARTS) is 1. The minimum atomic E-state index is -4.04. The van der Waals surface area contributed by atoms with E-state index >= 15 is 0 Å². The van der Waals surface area contributed by atoms with Gasteiger partial charge >= 0.3 is 5.97 Å². The highest BCUT2D eigenvalue weighted by Crippen LogP contribution is 2.58. The summed E-state index contributed by atoms with van der Waals surface area (Å²) in [6.45, 7) is 2.55.